The lowest BCUT2D eigenvalue weighted by atomic mass is 9.84. The molecule has 360 valence electrons. The van der Waals surface area contributed by atoms with E-state index in [1.807, 2.05) is 30.3 Å². The Bertz CT molecular complexity index is 2160. The van der Waals surface area contributed by atoms with Crippen molar-refractivity contribution < 1.29 is 78.3 Å². The van der Waals surface area contributed by atoms with Gasteiger partial charge in [0.05, 0.1) is 26.4 Å². The summed E-state index contributed by atoms with van der Waals surface area (Å²) >= 11 is 0. The van der Waals surface area contributed by atoms with Gasteiger partial charge in [0.1, 0.15) is 57.5 Å². The first-order valence-electron chi connectivity index (χ1n) is 21.1. The van der Waals surface area contributed by atoms with Gasteiger partial charge in [0.2, 0.25) is 0 Å². The molecule has 0 aromatic heterocycles. The maximum Gasteiger partial charge on any atom is 0.698 e. The summed E-state index contributed by atoms with van der Waals surface area (Å²) in [5.41, 5.74) is 3.26. The third-order valence-electron chi connectivity index (χ3n) is 9.90. The summed E-state index contributed by atoms with van der Waals surface area (Å²) in [5, 5.41) is 0. The van der Waals surface area contributed by atoms with Crippen molar-refractivity contribution in [2.75, 3.05) is 41.7 Å². The maximum absolute atomic E-state index is 15.4. The molecule has 5 aromatic carbocycles. The van der Waals surface area contributed by atoms with Gasteiger partial charge in [0.15, 0.2) is 6.10 Å². The number of ether oxygens (including phenoxy) is 6. The van der Waals surface area contributed by atoms with Crippen molar-refractivity contribution in [2.24, 2.45) is 0 Å². The van der Waals surface area contributed by atoms with Crippen LogP contribution >= 0.6 is 23.9 Å². The molecule has 0 bridgehead atoms. The summed E-state index contributed by atoms with van der Waals surface area (Å²) in [4.78, 5) is 0. The molecule has 5 unspecified atom stereocenters. The topological polar surface area (TPSA) is 180 Å². The Morgan fingerprint density at radius 3 is 0.955 bits per heavy atom. The molecule has 1 aliphatic carbocycles. The number of rotatable bonds is 30. The van der Waals surface area contributed by atoms with Crippen molar-refractivity contribution in [1.82, 2.24) is 0 Å². The highest BCUT2D eigenvalue weighted by Crippen LogP contribution is 2.58. The maximum atomic E-state index is 15.4. The second-order valence-corrected chi connectivity index (χ2v) is 18.9. The summed E-state index contributed by atoms with van der Waals surface area (Å²) in [6.45, 7) is -2.26. The first-order chi connectivity index (χ1) is 32.7. The average molecular weight is 986 g/mol. The van der Waals surface area contributed by atoms with Crippen molar-refractivity contribution >= 4 is 23.9 Å². The quantitative estimate of drug-likeness (QED) is 0.0313. The Morgan fingerprint density at radius 1 is 0.388 bits per heavy atom. The van der Waals surface area contributed by atoms with E-state index in [2.05, 4.69) is 0 Å². The van der Waals surface area contributed by atoms with Crippen LogP contribution in [0.3, 0.4) is 0 Å². The molecule has 0 amide bonds. The second kappa shape index (κ2) is 27.9. The van der Waals surface area contributed by atoms with Gasteiger partial charge in [0.25, 0.3) is 0 Å². The lowest BCUT2D eigenvalue weighted by Gasteiger charge is -2.47. The Labute approximate surface area is 391 Å². The molecule has 1 saturated carbocycles. The normalized spacial score (nSPS) is 20.1. The SMILES string of the molecule is COCOC1C(OCOC)[C@@H](OP(=O)(OCc2ccccc2)OCc2ccccc2)C(OP(=O)(OCc2ccccc2)OCc2ccccc2)C(OCOC)[C@@H]1O[P+](=O)OCc1ccccc1. The Hall–Kier alpha value is -3.90. The Balaban J connectivity index is 1.47. The highest BCUT2D eigenvalue weighted by Gasteiger charge is 2.61. The second-order valence-electron chi connectivity index (χ2n) is 14.7. The van der Waals surface area contributed by atoms with Crippen LogP contribution in [0, 0.1) is 0 Å². The fraction of sp³-hybridized carbons (Fsp3) is 0.362. The molecule has 0 aliphatic heterocycles. The van der Waals surface area contributed by atoms with E-state index in [9.17, 15) is 4.57 Å². The van der Waals surface area contributed by atoms with Gasteiger partial charge in [-0.15, -0.1) is 9.05 Å². The predicted octanol–water partition coefficient (Wildman–Crippen LogP) is 10.1. The van der Waals surface area contributed by atoms with Gasteiger partial charge in [0, 0.05) is 25.9 Å². The molecule has 6 rings (SSSR count). The van der Waals surface area contributed by atoms with E-state index < -0.39 is 74.1 Å². The fourth-order valence-electron chi connectivity index (χ4n) is 6.73. The van der Waals surface area contributed by atoms with Crippen LogP contribution in [0.2, 0.25) is 0 Å². The van der Waals surface area contributed by atoms with E-state index in [1.54, 1.807) is 121 Å². The third-order valence-corrected chi connectivity index (χ3v) is 13.4. The van der Waals surface area contributed by atoms with Crippen LogP contribution in [0.4, 0.5) is 0 Å². The molecular formula is C47H56O17P3+. The molecule has 17 nitrogen and oxygen atoms in total. The molecule has 0 N–H and O–H groups in total. The summed E-state index contributed by atoms with van der Waals surface area (Å²) in [6, 6.07) is 44.8. The monoisotopic (exact) mass is 985 g/mol. The zero-order valence-electron chi connectivity index (χ0n) is 37.3. The number of benzene rings is 5. The van der Waals surface area contributed by atoms with Gasteiger partial charge in [-0.3, -0.25) is 27.1 Å². The van der Waals surface area contributed by atoms with Crippen LogP contribution in [0.15, 0.2) is 152 Å². The smallest absolute Gasteiger partial charge is 0.359 e. The first-order valence-corrected chi connectivity index (χ1v) is 25.2. The molecule has 0 radical (unpaired) electrons. The molecule has 0 heterocycles. The molecule has 1 aliphatic rings. The number of hydrogen-bond acceptors (Lipinski definition) is 17. The minimum absolute atomic E-state index is 0.0955. The van der Waals surface area contributed by atoms with Crippen molar-refractivity contribution in [3.05, 3.63) is 179 Å². The molecule has 1 fully saturated rings. The minimum Gasteiger partial charge on any atom is -0.359 e. The van der Waals surface area contributed by atoms with Crippen molar-refractivity contribution in [2.45, 2.75) is 69.7 Å². The van der Waals surface area contributed by atoms with Crippen LogP contribution in [-0.4, -0.2) is 78.3 Å². The fourth-order valence-corrected chi connectivity index (χ4v) is 10.2. The Morgan fingerprint density at radius 2 is 0.657 bits per heavy atom. The summed E-state index contributed by atoms with van der Waals surface area (Å²) in [6.07, 6.45) is -9.34. The highest BCUT2D eigenvalue weighted by molar-refractivity contribution is 7.48. The van der Waals surface area contributed by atoms with Gasteiger partial charge >= 0.3 is 23.9 Å². The summed E-state index contributed by atoms with van der Waals surface area (Å²) < 4.78 is 129. The lowest BCUT2D eigenvalue weighted by molar-refractivity contribution is -0.277. The Kier molecular flexibility index (Phi) is 21.9. The molecular weight excluding hydrogens is 929 g/mol. The van der Waals surface area contributed by atoms with Crippen LogP contribution in [0.25, 0.3) is 0 Å². The average Bonchev–Trinajstić information content (AvgIpc) is 3.37. The van der Waals surface area contributed by atoms with Gasteiger partial charge < -0.3 is 28.4 Å². The van der Waals surface area contributed by atoms with E-state index in [0.29, 0.717) is 27.8 Å². The number of phosphoric acid groups is 2. The lowest BCUT2D eigenvalue weighted by Crippen LogP contribution is -2.67. The van der Waals surface area contributed by atoms with Gasteiger partial charge in [-0.1, -0.05) is 152 Å². The van der Waals surface area contributed by atoms with Crippen molar-refractivity contribution in [1.29, 1.82) is 0 Å². The molecule has 67 heavy (non-hydrogen) atoms. The predicted molar refractivity (Wildman–Crippen MR) is 244 cm³/mol. The van der Waals surface area contributed by atoms with Crippen LogP contribution < -0.4 is 0 Å². The zero-order chi connectivity index (χ0) is 47.2. The number of phosphoric ester groups is 2. The largest absolute Gasteiger partial charge is 0.698 e. The van der Waals surface area contributed by atoms with Gasteiger partial charge in [-0.05, 0) is 27.8 Å². The summed E-state index contributed by atoms with van der Waals surface area (Å²) in [7, 11) is -8.44. The molecule has 7 atom stereocenters. The molecule has 20 heteroatoms. The van der Waals surface area contributed by atoms with Crippen LogP contribution in [0.5, 0.6) is 0 Å². The standard InChI is InChI=1S/C47H56O17P3/c1-51-34-54-42-43(55-35-52-2)46(63-66(49,58-30-38-21-11-5-12-22-38)59-31-39-23-13-6-14-24-39)47(44(56-36-53-3)45(42)62-65(48)57-29-37-19-9-4-10-20-37)64-67(50,60-32-40-25-15-7-16-26-40)61-33-41-27-17-8-18-28-41/h4-28,42-47H,29-36H2,1-3H3/q+1/t42?,43?,44?,45-,46-,47?/m1/s1. The van der Waals surface area contributed by atoms with E-state index >= 15 is 9.13 Å². The molecule has 0 saturated heterocycles. The highest BCUT2D eigenvalue weighted by atomic mass is 31.2. The van der Waals surface area contributed by atoms with Crippen LogP contribution in [0.1, 0.15) is 27.8 Å². The number of methoxy groups -OCH3 is 3. The first kappa shape index (κ1) is 52.5. The van der Waals surface area contributed by atoms with E-state index in [4.69, 9.17) is 64.6 Å². The summed E-state index contributed by atoms with van der Waals surface area (Å²) in [5.74, 6) is 0. The van der Waals surface area contributed by atoms with Crippen molar-refractivity contribution in [3.8, 4) is 0 Å². The molecule has 5 aromatic rings. The number of hydrogen-bond donors (Lipinski definition) is 0. The van der Waals surface area contributed by atoms with E-state index in [1.165, 1.54) is 21.3 Å². The molecule has 0 spiro atoms. The van der Waals surface area contributed by atoms with E-state index in [-0.39, 0.29) is 39.8 Å². The zero-order valence-corrected chi connectivity index (χ0v) is 40.0. The van der Waals surface area contributed by atoms with Crippen LogP contribution in [-0.2, 0) is 111 Å². The van der Waals surface area contributed by atoms with Crippen molar-refractivity contribution in [3.63, 3.8) is 0 Å². The van der Waals surface area contributed by atoms with Gasteiger partial charge in [-0.2, -0.15) is 0 Å². The van der Waals surface area contributed by atoms with Gasteiger partial charge in [-0.25, -0.2) is 9.13 Å². The third kappa shape index (κ3) is 16.9. The van der Waals surface area contributed by atoms with E-state index in [0.717, 1.165) is 0 Å². The minimum atomic E-state index is -4.81.